The van der Waals surface area contributed by atoms with Gasteiger partial charge >= 0.3 is 5.69 Å². The predicted octanol–water partition coefficient (Wildman–Crippen LogP) is 0.218. The van der Waals surface area contributed by atoms with Gasteiger partial charge < -0.3 is 16.8 Å². The number of hydrogen-bond donors (Lipinski definition) is 2. The van der Waals surface area contributed by atoms with Crippen molar-refractivity contribution in [3.63, 3.8) is 0 Å². The maximum atomic E-state index is 10.2. The van der Waals surface area contributed by atoms with Crippen LogP contribution in [0.15, 0.2) is 17.1 Å². The average Bonchev–Trinajstić information content (AvgIpc) is 1.88. The number of nitrogens with two attached hydrogens (primary N) is 1. The Morgan fingerprint density at radius 3 is 2.45 bits per heavy atom. The van der Waals surface area contributed by atoms with Crippen molar-refractivity contribution in [1.29, 1.82) is 0 Å². The van der Waals surface area contributed by atoms with Gasteiger partial charge in [-0.2, -0.15) is 0 Å². The van der Waals surface area contributed by atoms with Crippen LogP contribution in [0, 0.1) is 0 Å². The third kappa shape index (κ3) is 4.49. The van der Waals surface area contributed by atoms with E-state index in [9.17, 15) is 4.79 Å². The first-order chi connectivity index (χ1) is 5.20. The Hall–Kier alpha value is -2.01. The highest BCUT2D eigenvalue weighted by Crippen LogP contribution is 1.82. The summed E-state index contributed by atoms with van der Waals surface area (Å²) in [4.78, 5) is 17.4. The first-order valence-corrected chi connectivity index (χ1v) is 2.50. The molecule has 0 saturated carbocycles. The Bertz CT molecular complexity index is 297. The lowest BCUT2D eigenvalue weighted by atomic mass is 10.6. The molecule has 0 fully saturated rings. The zero-order valence-electron chi connectivity index (χ0n) is 5.43. The number of rotatable bonds is 0. The molecule has 3 N–H and O–H groups in total. The van der Waals surface area contributed by atoms with E-state index in [1.165, 1.54) is 17.2 Å². The Morgan fingerprint density at radius 1 is 1.64 bits per heavy atom. The topological polar surface area (TPSA) is 130 Å². The van der Waals surface area contributed by atoms with Gasteiger partial charge in [0.1, 0.15) is 5.82 Å². The largest absolute Gasteiger partial charge is 0.385 e. The van der Waals surface area contributed by atoms with E-state index < -0.39 is 5.69 Å². The standard InChI is InChI=1S/C4H5N3O.N3/c5-3-1-2-6-4(8)7-3;1-3-2/h1-2H,(H3,5,6,7,8);/q;-1. The van der Waals surface area contributed by atoms with Gasteiger partial charge in [0.25, 0.3) is 0 Å². The minimum Gasteiger partial charge on any atom is -0.385 e. The number of aromatic nitrogens is 2. The van der Waals surface area contributed by atoms with Gasteiger partial charge in [-0.25, -0.2) is 9.78 Å². The van der Waals surface area contributed by atoms with Crippen LogP contribution in [-0.4, -0.2) is 9.97 Å². The molecule has 1 heterocycles. The van der Waals surface area contributed by atoms with Crippen LogP contribution >= 0.6 is 0 Å². The molecule has 7 nitrogen and oxygen atoms in total. The molecule has 0 bridgehead atoms. The first kappa shape index (κ1) is 8.99. The van der Waals surface area contributed by atoms with Crippen LogP contribution in [0.1, 0.15) is 0 Å². The normalized spacial score (nSPS) is 7.27. The molecule has 0 unspecified atom stereocenters. The van der Waals surface area contributed by atoms with Crippen LogP contribution in [-0.2, 0) is 0 Å². The monoisotopic (exact) mass is 153 g/mol. The van der Waals surface area contributed by atoms with Crippen LogP contribution in [0.2, 0.25) is 0 Å². The Balaban J connectivity index is 0.000000292. The second-order valence-electron chi connectivity index (χ2n) is 1.42. The van der Waals surface area contributed by atoms with Crippen molar-refractivity contribution in [2.45, 2.75) is 0 Å². The maximum Gasteiger partial charge on any atom is 0.346 e. The van der Waals surface area contributed by atoms with Crippen molar-refractivity contribution in [2.24, 2.45) is 0 Å². The lowest BCUT2D eigenvalue weighted by Crippen LogP contribution is -2.10. The molecule has 1 rings (SSSR count). The molecule has 11 heavy (non-hydrogen) atoms. The van der Waals surface area contributed by atoms with E-state index in [2.05, 4.69) is 9.97 Å². The van der Waals surface area contributed by atoms with Crippen LogP contribution in [0.5, 0.6) is 0 Å². The summed E-state index contributed by atoms with van der Waals surface area (Å²) in [5.74, 6) is 0.338. The van der Waals surface area contributed by atoms with Gasteiger partial charge in [-0.05, 0) is 6.07 Å². The Labute approximate surface area is 61.3 Å². The minimum absolute atomic E-state index is 0.338. The number of H-pyrrole nitrogens is 1. The molecule has 0 saturated heterocycles. The SMILES string of the molecule is Nc1ccnc(=O)[nH]1.[N-]=[N+]=[N-]. The summed E-state index contributed by atoms with van der Waals surface area (Å²) >= 11 is 0. The van der Waals surface area contributed by atoms with Gasteiger partial charge in [0.2, 0.25) is 0 Å². The predicted molar refractivity (Wildman–Crippen MR) is 39.3 cm³/mol. The number of aromatic amines is 1. The van der Waals surface area contributed by atoms with Gasteiger partial charge in [0.05, 0.1) is 0 Å². The van der Waals surface area contributed by atoms with Crippen LogP contribution in [0.4, 0.5) is 5.82 Å². The summed E-state index contributed by atoms with van der Waals surface area (Å²) < 4.78 is 0. The third-order valence-corrected chi connectivity index (χ3v) is 0.697. The van der Waals surface area contributed by atoms with Crippen molar-refractivity contribution >= 4 is 5.82 Å². The van der Waals surface area contributed by atoms with Crippen molar-refractivity contribution in [2.75, 3.05) is 5.73 Å². The summed E-state index contributed by atoms with van der Waals surface area (Å²) in [6.45, 7) is 0. The Morgan fingerprint density at radius 2 is 2.18 bits per heavy atom. The minimum atomic E-state index is -0.412. The molecule has 0 aliphatic carbocycles. The highest BCUT2D eigenvalue weighted by molar-refractivity contribution is 5.22. The molecule has 0 spiro atoms. The number of anilines is 1. The van der Waals surface area contributed by atoms with Crippen LogP contribution in [0.3, 0.4) is 0 Å². The molecular formula is C4H5N6O-. The van der Waals surface area contributed by atoms with Gasteiger partial charge in [-0.3, -0.25) is 9.90 Å². The fraction of sp³-hybridized carbons (Fsp3) is 0. The molecule has 7 heteroatoms. The molecule has 0 aromatic carbocycles. The molecule has 1 aromatic rings. The summed E-state index contributed by atoms with van der Waals surface area (Å²) in [5, 5.41) is 0. The molecule has 0 aliphatic heterocycles. The van der Waals surface area contributed by atoms with Gasteiger partial charge in [-0.1, -0.05) is 0 Å². The zero-order chi connectivity index (χ0) is 8.69. The van der Waals surface area contributed by atoms with Crippen LogP contribution in [0.25, 0.3) is 16.0 Å². The van der Waals surface area contributed by atoms with E-state index in [0.717, 1.165) is 0 Å². The number of nitrogens with zero attached hydrogens (tertiary/aromatic N) is 4. The molecule has 58 valence electrons. The van der Waals surface area contributed by atoms with Gasteiger partial charge in [0.15, 0.2) is 0 Å². The van der Waals surface area contributed by atoms with E-state index in [0.29, 0.717) is 5.82 Å². The van der Waals surface area contributed by atoms with Crippen molar-refractivity contribution in [1.82, 2.24) is 9.97 Å². The fourth-order valence-electron chi connectivity index (χ4n) is 0.383. The number of hydrogen-bond acceptors (Lipinski definition) is 3. The average molecular weight is 153 g/mol. The molecule has 0 radical (unpaired) electrons. The van der Waals surface area contributed by atoms with E-state index in [-0.39, 0.29) is 0 Å². The van der Waals surface area contributed by atoms with E-state index in [1.807, 2.05) is 0 Å². The van der Waals surface area contributed by atoms with Gasteiger partial charge in [0, 0.05) is 6.20 Å². The fourth-order valence-corrected chi connectivity index (χ4v) is 0.383. The lowest BCUT2D eigenvalue weighted by Gasteiger charge is -1.84. The highest BCUT2D eigenvalue weighted by Gasteiger charge is 1.80. The molecular weight excluding hydrogens is 148 g/mol. The van der Waals surface area contributed by atoms with Gasteiger partial charge in [-0.15, -0.1) is 0 Å². The molecule has 0 atom stereocenters. The Kier molecular flexibility index (Phi) is 3.95. The molecule has 0 amide bonds. The maximum absolute atomic E-state index is 10.2. The second-order valence-corrected chi connectivity index (χ2v) is 1.42. The number of nitrogens with one attached hydrogen (secondary N) is 1. The van der Waals surface area contributed by atoms with E-state index in [4.69, 9.17) is 16.8 Å². The summed E-state index contributed by atoms with van der Waals surface area (Å²) in [6, 6.07) is 1.52. The van der Waals surface area contributed by atoms with Crippen molar-refractivity contribution in [3.8, 4) is 0 Å². The van der Waals surface area contributed by atoms with E-state index in [1.54, 1.807) is 0 Å². The quantitative estimate of drug-likeness (QED) is 0.314. The summed E-state index contributed by atoms with van der Waals surface area (Å²) in [6.07, 6.45) is 1.36. The summed E-state index contributed by atoms with van der Waals surface area (Å²) in [7, 11) is 0. The number of nitrogen functional groups attached to an aromatic ring is 1. The highest BCUT2D eigenvalue weighted by atomic mass is 16.1. The smallest absolute Gasteiger partial charge is 0.346 e. The second kappa shape index (κ2) is 4.83. The van der Waals surface area contributed by atoms with E-state index >= 15 is 0 Å². The first-order valence-electron chi connectivity index (χ1n) is 2.50. The third-order valence-electron chi connectivity index (χ3n) is 0.697. The van der Waals surface area contributed by atoms with Crippen LogP contribution < -0.4 is 11.4 Å². The summed E-state index contributed by atoms with van der Waals surface area (Å²) in [5.41, 5.74) is 18.3. The molecule has 0 aliphatic rings. The lowest BCUT2D eigenvalue weighted by molar-refractivity contribution is 1.08. The zero-order valence-corrected chi connectivity index (χ0v) is 5.43. The molecule has 1 aromatic heterocycles. The van der Waals surface area contributed by atoms with Crippen molar-refractivity contribution in [3.05, 3.63) is 38.7 Å². The van der Waals surface area contributed by atoms with Crippen molar-refractivity contribution < 1.29 is 0 Å².